The summed E-state index contributed by atoms with van der Waals surface area (Å²) in [4.78, 5) is 20.9. The fourth-order valence-corrected chi connectivity index (χ4v) is 5.81. The second-order valence-electron chi connectivity index (χ2n) is 12.5. The minimum atomic E-state index is -0.778. The Morgan fingerprint density at radius 3 is 2.74 bits per heavy atom. The first-order chi connectivity index (χ1) is 18.6. The Labute approximate surface area is 231 Å². The van der Waals surface area contributed by atoms with Crippen LogP contribution in [0.15, 0.2) is 55.2 Å². The third-order valence-electron chi connectivity index (χ3n) is 7.79. The van der Waals surface area contributed by atoms with E-state index in [1.54, 1.807) is 12.5 Å². The van der Waals surface area contributed by atoms with Gasteiger partial charge < -0.3 is 25.0 Å². The Morgan fingerprint density at radius 2 is 2.08 bits per heavy atom. The summed E-state index contributed by atoms with van der Waals surface area (Å²) in [5.41, 5.74) is 4.25. The number of benzene rings is 1. The van der Waals surface area contributed by atoms with Crippen molar-refractivity contribution in [2.24, 2.45) is 5.41 Å². The molecule has 3 N–H and O–H groups in total. The molecular weight excluding hydrogens is 490 g/mol. The van der Waals surface area contributed by atoms with Crippen LogP contribution in [0.5, 0.6) is 5.88 Å². The fourth-order valence-electron chi connectivity index (χ4n) is 5.81. The van der Waals surface area contributed by atoms with Gasteiger partial charge in [0.1, 0.15) is 5.60 Å². The van der Waals surface area contributed by atoms with E-state index < -0.39 is 12.1 Å². The second kappa shape index (κ2) is 11.1. The number of carbonyl (C=O) groups is 1. The largest absolute Gasteiger partial charge is 0.471 e. The predicted octanol–water partition coefficient (Wildman–Crippen LogP) is 4.30. The molecule has 39 heavy (non-hydrogen) atoms. The van der Waals surface area contributed by atoms with E-state index in [9.17, 15) is 9.90 Å². The number of imidazole rings is 1. The van der Waals surface area contributed by atoms with Gasteiger partial charge in [0.25, 0.3) is 0 Å². The highest BCUT2D eigenvalue weighted by Gasteiger charge is 2.46. The fraction of sp³-hybridized carbons (Fsp3) is 0.516. The molecule has 1 saturated carbocycles. The number of rotatable bonds is 9. The molecule has 8 heteroatoms. The molecule has 1 amide bonds. The number of nitrogens with one attached hydrogen (secondary N) is 2. The first kappa shape index (κ1) is 27.3. The Hall–Kier alpha value is -3.23. The van der Waals surface area contributed by atoms with Crippen molar-refractivity contribution < 1.29 is 14.6 Å². The zero-order valence-corrected chi connectivity index (χ0v) is 23.5. The summed E-state index contributed by atoms with van der Waals surface area (Å²) < 4.78 is 8.36. The molecule has 0 unspecified atom stereocenters. The van der Waals surface area contributed by atoms with Gasteiger partial charge in [0, 0.05) is 55.8 Å². The van der Waals surface area contributed by atoms with Crippen LogP contribution in [0.3, 0.4) is 0 Å². The van der Waals surface area contributed by atoms with Gasteiger partial charge in [-0.15, -0.1) is 0 Å². The molecule has 1 aliphatic carbocycles. The molecule has 0 bridgehead atoms. The number of hydrogen-bond donors (Lipinski definition) is 3. The maximum absolute atomic E-state index is 12.1. The van der Waals surface area contributed by atoms with Crippen LogP contribution in [0.4, 0.5) is 0 Å². The Morgan fingerprint density at radius 1 is 1.26 bits per heavy atom. The predicted molar refractivity (Wildman–Crippen MR) is 151 cm³/mol. The summed E-state index contributed by atoms with van der Waals surface area (Å²) in [6.45, 7) is 8.52. The number of hydrogen-bond acceptors (Lipinski definition) is 6. The summed E-state index contributed by atoms with van der Waals surface area (Å²) >= 11 is 0. The van der Waals surface area contributed by atoms with Gasteiger partial charge in [0.05, 0.1) is 18.5 Å². The number of aliphatic hydroxyl groups is 1. The third-order valence-corrected chi connectivity index (χ3v) is 7.79. The van der Waals surface area contributed by atoms with Crippen LogP contribution >= 0.6 is 0 Å². The van der Waals surface area contributed by atoms with E-state index in [1.165, 1.54) is 12.5 Å². The number of carbonyl (C=O) groups excluding carboxylic acids is 1. The SMILES string of the molecule is CC(=O)N[C@@H](Cc1cccc(-n2ccnc2)c1)[C@H](O)CN[C@H]1CC2(CCC2)Oc2ncc(CC(C)(C)C)cc21. The maximum atomic E-state index is 12.1. The quantitative estimate of drug-likeness (QED) is 0.381. The number of aromatic nitrogens is 3. The van der Waals surface area contributed by atoms with Gasteiger partial charge in [-0.25, -0.2) is 9.97 Å². The van der Waals surface area contributed by atoms with Crippen LogP contribution in [0, 0.1) is 5.41 Å². The molecular formula is C31H41N5O3. The Kier molecular flexibility index (Phi) is 7.78. The standard InChI is InChI=1S/C31H41N5O3/c1-21(37)35-26(15-22-7-5-8-24(13-22)36-12-11-32-20-36)28(38)19-33-27-17-31(9-6-10-31)39-29-25(27)14-23(18-34-29)16-30(2,3)4/h5,7-8,11-14,18,20,26-28,33,38H,6,9-10,15-17,19H2,1-4H3,(H,35,37)/t26-,27-,28+/m0/s1. The van der Waals surface area contributed by atoms with E-state index in [0.717, 1.165) is 48.9 Å². The van der Waals surface area contributed by atoms with Gasteiger partial charge >= 0.3 is 0 Å². The van der Waals surface area contributed by atoms with Gasteiger partial charge in [-0.3, -0.25) is 4.79 Å². The summed E-state index contributed by atoms with van der Waals surface area (Å²) in [7, 11) is 0. The normalized spacial score (nSPS) is 19.5. The molecule has 3 heterocycles. The molecule has 8 nitrogen and oxygen atoms in total. The van der Waals surface area contributed by atoms with E-state index in [4.69, 9.17) is 9.72 Å². The summed E-state index contributed by atoms with van der Waals surface area (Å²) in [6.07, 6.45) is 12.1. The molecule has 0 saturated heterocycles. The lowest BCUT2D eigenvalue weighted by Crippen LogP contribution is -2.52. The zero-order chi connectivity index (χ0) is 27.6. The van der Waals surface area contributed by atoms with E-state index in [0.29, 0.717) is 18.8 Å². The number of nitrogens with zero attached hydrogens (tertiary/aromatic N) is 3. The average Bonchev–Trinajstić information content (AvgIpc) is 3.40. The average molecular weight is 532 g/mol. The van der Waals surface area contributed by atoms with Gasteiger partial charge in [0.2, 0.25) is 11.8 Å². The van der Waals surface area contributed by atoms with E-state index in [-0.39, 0.29) is 23.0 Å². The van der Waals surface area contributed by atoms with E-state index in [2.05, 4.69) is 48.5 Å². The van der Waals surface area contributed by atoms with Crippen LogP contribution in [-0.4, -0.2) is 49.8 Å². The van der Waals surface area contributed by atoms with E-state index in [1.807, 2.05) is 35.2 Å². The van der Waals surface area contributed by atoms with Crippen LogP contribution < -0.4 is 15.4 Å². The molecule has 2 aromatic heterocycles. The molecule has 3 atom stereocenters. The number of aliphatic hydroxyl groups excluding tert-OH is 1. The van der Waals surface area contributed by atoms with Gasteiger partial charge in [-0.2, -0.15) is 0 Å². The summed E-state index contributed by atoms with van der Waals surface area (Å²) in [5, 5.41) is 17.9. The van der Waals surface area contributed by atoms with Crippen LogP contribution in [-0.2, 0) is 17.6 Å². The molecule has 3 aromatic rings. The monoisotopic (exact) mass is 531 g/mol. The highest BCUT2D eigenvalue weighted by molar-refractivity contribution is 5.73. The van der Waals surface area contributed by atoms with Crippen molar-refractivity contribution in [1.82, 2.24) is 25.2 Å². The minimum Gasteiger partial charge on any atom is -0.471 e. The molecule has 0 radical (unpaired) electrons. The highest BCUT2D eigenvalue weighted by Crippen LogP contribution is 2.48. The molecule has 2 aliphatic rings. The number of amides is 1. The van der Waals surface area contributed by atoms with Crippen molar-refractivity contribution in [2.45, 2.75) is 90.0 Å². The Balaban J connectivity index is 1.31. The van der Waals surface area contributed by atoms with Crippen molar-refractivity contribution in [3.8, 4) is 11.6 Å². The van der Waals surface area contributed by atoms with Crippen molar-refractivity contribution >= 4 is 5.91 Å². The lowest BCUT2D eigenvalue weighted by Gasteiger charge is -2.47. The molecule has 1 aliphatic heterocycles. The summed E-state index contributed by atoms with van der Waals surface area (Å²) in [5.74, 6) is 0.547. The number of fused-ring (bicyclic) bond motifs is 1. The van der Waals surface area contributed by atoms with Gasteiger partial charge in [-0.1, -0.05) is 32.9 Å². The lowest BCUT2D eigenvalue weighted by atomic mass is 9.73. The third kappa shape index (κ3) is 6.68. The molecule has 1 fully saturated rings. The van der Waals surface area contributed by atoms with Gasteiger partial charge in [0.15, 0.2) is 0 Å². The Bertz CT molecular complexity index is 1280. The van der Waals surface area contributed by atoms with Crippen molar-refractivity contribution in [3.63, 3.8) is 0 Å². The highest BCUT2D eigenvalue weighted by atomic mass is 16.5. The molecule has 1 spiro atoms. The summed E-state index contributed by atoms with van der Waals surface area (Å²) in [6, 6.07) is 9.89. The van der Waals surface area contributed by atoms with Crippen LogP contribution in [0.25, 0.3) is 5.69 Å². The van der Waals surface area contributed by atoms with Crippen molar-refractivity contribution in [2.75, 3.05) is 6.54 Å². The topological polar surface area (TPSA) is 101 Å². The minimum absolute atomic E-state index is 0.0265. The van der Waals surface area contributed by atoms with Crippen LogP contribution in [0.1, 0.15) is 76.1 Å². The lowest BCUT2D eigenvalue weighted by molar-refractivity contribution is -0.120. The van der Waals surface area contributed by atoms with Gasteiger partial charge in [-0.05, 0) is 66.8 Å². The van der Waals surface area contributed by atoms with Crippen molar-refractivity contribution in [1.29, 1.82) is 0 Å². The molecule has 5 rings (SSSR count). The van der Waals surface area contributed by atoms with Crippen molar-refractivity contribution in [3.05, 3.63) is 71.9 Å². The number of pyridine rings is 1. The smallest absolute Gasteiger partial charge is 0.218 e. The zero-order valence-electron chi connectivity index (χ0n) is 23.5. The maximum Gasteiger partial charge on any atom is 0.218 e. The first-order valence-corrected chi connectivity index (χ1v) is 14.0. The molecule has 208 valence electrons. The molecule has 1 aromatic carbocycles. The van der Waals surface area contributed by atoms with Crippen LogP contribution in [0.2, 0.25) is 0 Å². The second-order valence-corrected chi connectivity index (χ2v) is 12.5. The first-order valence-electron chi connectivity index (χ1n) is 14.0. The van der Waals surface area contributed by atoms with E-state index >= 15 is 0 Å². The number of ether oxygens (including phenoxy) is 1.